The van der Waals surface area contributed by atoms with Crippen molar-refractivity contribution in [2.24, 2.45) is 0 Å². The van der Waals surface area contributed by atoms with Crippen LogP contribution in [0.4, 0.5) is 10.5 Å². The van der Waals surface area contributed by atoms with Crippen molar-refractivity contribution in [3.8, 4) is 5.75 Å². The second-order valence-electron chi connectivity index (χ2n) is 7.21. The summed E-state index contributed by atoms with van der Waals surface area (Å²) in [4.78, 5) is 15.3. The number of anilines is 1. The Kier molecular flexibility index (Phi) is 8.34. The first kappa shape index (κ1) is 24.2. The molecule has 8 nitrogen and oxygen atoms in total. The molecule has 0 aliphatic rings. The number of amides is 1. The highest BCUT2D eigenvalue weighted by atomic mass is 79.9. The molecule has 0 spiro atoms. The SMILES string of the molecule is CC(C)(C)OC(=O)NCCCOc1cccc(NS(=O)(=O)c2cc(Br)cnc2Cl)c1. The molecule has 0 aliphatic heterocycles. The summed E-state index contributed by atoms with van der Waals surface area (Å²) >= 11 is 9.10. The van der Waals surface area contributed by atoms with Gasteiger partial charge in [-0.2, -0.15) is 0 Å². The fourth-order valence-corrected chi connectivity index (χ4v) is 4.21. The summed E-state index contributed by atoms with van der Waals surface area (Å²) in [6.07, 6.45) is 1.47. The van der Waals surface area contributed by atoms with Crippen LogP contribution in [0.5, 0.6) is 5.75 Å². The minimum Gasteiger partial charge on any atom is -0.493 e. The number of benzene rings is 1. The van der Waals surface area contributed by atoms with Crippen LogP contribution in [0.25, 0.3) is 0 Å². The van der Waals surface area contributed by atoms with E-state index in [1.54, 1.807) is 45.0 Å². The van der Waals surface area contributed by atoms with Crippen LogP contribution >= 0.6 is 27.5 Å². The number of rotatable bonds is 8. The summed E-state index contributed by atoms with van der Waals surface area (Å²) in [6.45, 7) is 6.08. The van der Waals surface area contributed by atoms with Crippen LogP contribution in [0, 0.1) is 0 Å². The Bertz CT molecular complexity index is 996. The van der Waals surface area contributed by atoms with Gasteiger partial charge < -0.3 is 14.8 Å². The third-order valence-electron chi connectivity index (χ3n) is 3.41. The maximum absolute atomic E-state index is 12.6. The summed E-state index contributed by atoms with van der Waals surface area (Å²) < 4.78 is 38.9. The number of carbonyl (C=O) groups excluding carboxylic acids is 1. The molecule has 0 saturated heterocycles. The zero-order valence-corrected chi connectivity index (χ0v) is 19.9. The molecule has 0 radical (unpaired) electrons. The summed E-state index contributed by atoms with van der Waals surface area (Å²) in [5, 5.41) is 2.51. The molecule has 11 heteroatoms. The average molecular weight is 521 g/mol. The Morgan fingerprint density at radius 3 is 2.70 bits per heavy atom. The molecule has 0 saturated carbocycles. The smallest absolute Gasteiger partial charge is 0.407 e. The van der Waals surface area contributed by atoms with Crippen molar-refractivity contribution in [3.63, 3.8) is 0 Å². The lowest BCUT2D eigenvalue weighted by Gasteiger charge is -2.19. The highest BCUT2D eigenvalue weighted by molar-refractivity contribution is 9.10. The highest BCUT2D eigenvalue weighted by Gasteiger charge is 2.20. The van der Waals surface area contributed by atoms with Gasteiger partial charge in [0.2, 0.25) is 0 Å². The second-order valence-corrected chi connectivity index (χ2v) is 10.1. The molecule has 1 aromatic heterocycles. The number of nitrogens with one attached hydrogen (secondary N) is 2. The predicted octanol–water partition coefficient (Wildman–Crippen LogP) is 4.59. The topological polar surface area (TPSA) is 107 Å². The minimum atomic E-state index is -3.93. The van der Waals surface area contributed by atoms with Gasteiger partial charge in [-0.25, -0.2) is 18.2 Å². The molecule has 0 aliphatic carbocycles. The van der Waals surface area contributed by atoms with E-state index >= 15 is 0 Å². The number of alkyl carbamates (subject to hydrolysis) is 1. The minimum absolute atomic E-state index is 0.129. The van der Waals surface area contributed by atoms with E-state index in [9.17, 15) is 13.2 Å². The summed E-state index contributed by atoms with van der Waals surface area (Å²) in [5.74, 6) is 0.478. The van der Waals surface area contributed by atoms with Gasteiger partial charge in [-0.1, -0.05) is 17.7 Å². The van der Waals surface area contributed by atoms with E-state index in [1.165, 1.54) is 12.3 Å². The standard InChI is InChI=1S/C19H23BrClN3O5S/c1-19(2,3)29-18(25)22-8-5-9-28-15-7-4-6-14(11-15)24-30(26,27)16-10-13(20)12-23-17(16)21/h4,6-7,10-12,24H,5,8-9H2,1-3H3,(H,22,25). The van der Waals surface area contributed by atoms with Gasteiger partial charge in [0.25, 0.3) is 10.0 Å². The molecule has 2 aromatic rings. The number of aromatic nitrogens is 1. The lowest BCUT2D eigenvalue weighted by atomic mass is 10.2. The molecule has 2 N–H and O–H groups in total. The van der Waals surface area contributed by atoms with E-state index in [0.717, 1.165) is 0 Å². The Morgan fingerprint density at radius 1 is 1.27 bits per heavy atom. The molecule has 0 atom stereocenters. The van der Waals surface area contributed by atoms with Gasteiger partial charge in [-0.15, -0.1) is 0 Å². The van der Waals surface area contributed by atoms with E-state index in [1.807, 2.05) is 0 Å². The van der Waals surface area contributed by atoms with Gasteiger partial charge in [-0.3, -0.25) is 4.72 Å². The normalized spacial score (nSPS) is 11.6. The monoisotopic (exact) mass is 519 g/mol. The zero-order valence-electron chi connectivity index (χ0n) is 16.7. The average Bonchev–Trinajstić information content (AvgIpc) is 2.62. The maximum Gasteiger partial charge on any atom is 0.407 e. The van der Waals surface area contributed by atoms with E-state index in [-0.39, 0.29) is 10.0 Å². The molecular weight excluding hydrogens is 498 g/mol. The first-order valence-corrected chi connectivity index (χ1v) is 11.7. The van der Waals surface area contributed by atoms with Crippen molar-refractivity contribution in [1.29, 1.82) is 0 Å². The summed E-state index contributed by atoms with van der Waals surface area (Å²) in [6, 6.07) is 7.88. The number of nitrogens with zero attached hydrogens (tertiary/aromatic N) is 1. The van der Waals surface area contributed by atoms with Crippen molar-refractivity contribution < 1.29 is 22.7 Å². The molecule has 2 rings (SSSR count). The number of carbonyl (C=O) groups is 1. The van der Waals surface area contributed by atoms with E-state index < -0.39 is 21.7 Å². The van der Waals surface area contributed by atoms with Crippen molar-refractivity contribution in [1.82, 2.24) is 10.3 Å². The third kappa shape index (κ3) is 8.00. The maximum atomic E-state index is 12.6. The molecule has 1 heterocycles. The quantitative estimate of drug-likeness (QED) is 0.389. The van der Waals surface area contributed by atoms with E-state index in [4.69, 9.17) is 21.1 Å². The molecule has 30 heavy (non-hydrogen) atoms. The predicted molar refractivity (Wildman–Crippen MR) is 119 cm³/mol. The van der Waals surface area contributed by atoms with Crippen LogP contribution in [-0.4, -0.2) is 38.2 Å². The molecule has 164 valence electrons. The Balaban J connectivity index is 1.89. The Hall–Kier alpha value is -2.04. The van der Waals surface area contributed by atoms with Crippen LogP contribution in [0.1, 0.15) is 27.2 Å². The fraction of sp³-hybridized carbons (Fsp3) is 0.368. The van der Waals surface area contributed by atoms with Crippen LogP contribution in [0.2, 0.25) is 5.15 Å². The molecule has 1 aromatic carbocycles. The van der Waals surface area contributed by atoms with Crippen LogP contribution in [-0.2, 0) is 14.8 Å². The van der Waals surface area contributed by atoms with Gasteiger partial charge >= 0.3 is 6.09 Å². The van der Waals surface area contributed by atoms with Crippen molar-refractivity contribution in [2.45, 2.75) is 37.7 Å². The van der Waals surface area contributed by atoms with Crippen molar-refractivity contribution in [3.05, 3.63) is 46.2 Å². The van der Waals surface area contributed by atoms with Gasteiger partial charge in [0.1, 0.15) is 21.4 Å². The van der Waals surface area contributed by atoms with Gasteiger partial charge in [0, 0.05) is 23.3 Å². The Labute approximate surface area is 189 Å². The lowest BCUT2D eigenvalue weighted by Crippen LogP contribution is -2.33. The summed E-state index contributed by atoms with van der Waals surface area (Å²) in [7, 11) is -3.93. The molecule has 0 fully saturated rings. The lowest BCUT2D eigenvalue weighted by molar-refractivity contribution is 0.0525. The fourth-order valence-electron chi connectivity index (χ4n) is 2.22. The van der Waals surface area contributed by atoms with Crippen molar-refractivity contribution in [2.75, 3.05) is 17.9 Å². The van der Waals surface area contributed by atoms with E-state index in [0.29, 0.717) is 35.5 Å². The van der Waals surface area contributed by atoms with E-state index in [2.05, 4.69) is 31.0 Å². The van der Waals surface area contributed by atoms with Crippen LogP contribution < -0.4 is 14.8 Å². The molecular formula is C19H23BrClN3O5S. The molecule has 0 unspecified atom stereocenters. The second kappa shape index (κ2) is 10.3. The number of halogens is 2. The number of ether oxygens (including phenoxy) is 2. The highest BCUT2D eigenvalue weighted by Crippen LogP contribution is 2.26. The first-order chi connectivity index (χ1) is 14.0. The largest absolute Gasteiger partial charge is 0.493 e. The molecule has 0 bridgehead atoms. The van der Waals surface area contributed by atoms with Gasteiger partial charge in [0.15, 0.2) is 0 Å². The summed E-state index contributed by atoms with van der Waals surface area (Å²) in [5.41, 5.74) is -0.236. The van der Waals surface area contributed by atoms with Crippen LogP contribution in [0.3, 0.4) is 0 Å². The Morgan fingerprint density at radius 2 is 2.00 bits per heavy atom. The number of sulfonamides is 1. The number of hydrogen-bond acceptors (Lipinski definition) is 6. The zero-order chi connectivity index (χ0) is 22.4. The molecule has 1 amide bonds. The first-order valence-electron chi connectivity index (χ1n) is 9.00. The van der Waals surface area contributed by atoms with Crippen molar-refractivity contribution >= 4 is 49.3 Å². The number of pyridine rings is 1. The number of hydrogen-bond donors (Lipinski definition) is 2. The van der Waals surface area contributed by atoms with Gasteiger partial charge in [0.05, 0.1) is 12.3 Å². The van der Waals surface area contributed by atoms with Crippen LogP contribution in [0.15, 0.2) is 45.9 Å². The van der Waals surface area contributed by atoms with Gasteiger partial charge in [-0.05, 0) is 61.3 Å². The third-order valence-corrected chi connectivity index (χ3v) is 5.65.